The van der Waals surface area contributed by atoms with Crippen LogP contribution >= 0.6 is 11.8 Å². The summed E-state index contributed by atoms with van der Waals surface area (Å²) in [5.41, 5.74) is -0.356. The second-order valence-corrected chi connectivity index (χ2v) is 9.47. The minimum Gasteiger partial charge on any atom is -0.380 e. The number of fused-ring (bicyclic) bond motifs is 1. The van der Waals surface area contributed by atoms with Crippen molar-refractivity contribution in [2.45, 2.75) is 54.2 Å². The van der Waals surface area contributed by atoms with Crippen molar-refractivity contribution in [1.82, 2.24) is 9.97 Å². The Bertz CT molecular complexity index is 1180. The van der Waals surface area contributed by atoms with E-state index in [4.69, 9.17) is 0 Å². The number of rotatable bonds is 2. The first-order valence-electron chi connectivity index (χ1n) is 9.90. The van der Waals surface area contributed by atoms with E-state index in [0.29, 0.717) is 34.4 Å². The maximum Gasteiger partial charge on any atom is 0.417 e. The lowest BCUT2D eigenvalue weighted by atomic mass is 9.72. The molecule has 2 heterocycles. The van der Waals surface area contributed by atoms with Crippen molar-refractivity contribution in [3.63, 3.8) is 0 Å². The van der Waals surface area contributed by atoms with Crippen LogP contribution in [0.25, 0.3) is 10.9 Å². The SMILES string of the molecule is Cc1ncc2c(NC3CC4CC(O)(C(F)(F)F)Cc5cccc(c54)S3)cc(F)cc2n1. The summed E-state index contributed by atoms with van der Waals surface area (Å²) in [5, 5.41) is 14.1. The van der Waals surface area contributed by atoms with Crippen LogP contribution in [0.5, 0.6) is 0 Å². The average molecular weight is 449 g/mol. The molecule has 0 saturated carbocycles. The van der Waals surface area contributed by atoms with E-state index < -0.39 is 29.9 Å². The molecule has 1 aliphatic heterocycles. The third kappa shape index (κ3) is 3.53. The largest absolute Gasteiger partial charge is 0.417 e. The molecule has 3 aromatic rings. The highest BCUT2D eigenvalue weighted by molar-refractivity contribution is 8.00. The smallest absolute Gasteiger partial charge is 0.380 e. The van der Waals surface area contributed by atoms with Gasteiger partial charge in [0.05, 0.1) is 10.9 Å². The molecule has 0 saturated heterocycles. The Kier molecular flexibility index (Phi) is 4.67. The molecule has 2 N–H and O–H groups in total. The monoisotopic (exact) mass is 449 g/mol. The van der Waals surface area contributed by atoms with E-state index in [1.165, 1.54) is 23.9 Å². The quantitative estimate of drug-likeness (QED) is 0.518. The second kappa shape index (κ2) is 7.06. The van der Waals surface area contributed by atoms with Gasteiger partial charge >= 0.3 is 6.18 Å². The molecule has 3 atom stereocenters. The fraction of sp³-hybridized carbons (Fsp3) is 0.364. The van der Waals surface area contributed by atoms with Gasteiger partial charge in [0.25, 0.3) is 0 Å². The molecule has 5 rings (SSSR count). The molecule has 1 aliphatic carbocycles. The van der Waals surface area contributed by atoms with E-state index in [0.717, 1.165) is 10.5 Å². The average Bonchev–Trinajstić information content (AvgIpc) is 2.66. The van der Waals surface area contributed by atoms with Crippen molar-refractivity contribution < 1.29 is 22.7 Å². The summed E-state index contributed by atoms with van der Waals surface area (Å²) in [5.74, 6) is -0.393. The summed E-state index contributed by atoms with van der Waals surface area (Å²) in [6.07, 6.45) is -3.53. The molecule has 9 heteroatoms. The van der Waals surface area contributed by atoms with Gasteiger partial charge in [-0.3, -0.25) is 0 Å². The van der Waals surface area contributed by atoms with Crippen LogP contribution in [0.4, 0.5) is 23.2 Å². The Hall–Kier alpha value is -2.39. The maximum atomic E-state index is 14.2. The van der Waals surface area contributed by atoms with Gasteiger partial charge < -0.3 is 10.4 Å². The fourth-order valence-corrected chi connectivity index (χ4v) is 6.06. The zero-order valence-corrected chi connectivity index (χ0v) is 17.3. The number of halogens is 4. The van der Waals surface area contributed by atoms with Crippen LogP contribution in [0.1, 0.15) is 35.7 Å². The van der Waals surface area contributed by atoms with Gasteiger partial charge in [-0.1, -0.05) is 12.1 Å². The number of nitrogens with one attached hydrogen (secondary N) is 1. The summed E-state index contributed by atoms with van der Waals surface area (Å²) in [7, 11) is 0. The predicted octanol–water partition coefficient (Wildman–Crippen LogP) is 5.33. The number of aryl methyl sites for hydroxylation is 1. The first-order valence-corrected chi connectivity index (χ1v) is 10.8. The van der Waals surface area contributed by atoms with E-state index in [2.05, 4.69) is 15.3 Å². The first kappa shape index (κ1) is 20.5. The number of benzene rings is 2. The lowest BCUT2D eigenvalue weighted by molar-refractivity contribution is -0.265. The van der Waals surface area contributed by atoms with Gasteiger partial charge in [0, 0.05) is 34.7 Å². The molecular weight excluding hydrogens is 430 g/mol. The van der Waals surface area contributed by atoms with Gasteiger partial charge in [0.1, 0.15) is 11.6 Å². The summed E-state index contributed by atoms with van der Waals surface area (Å²) >= 11 is 1.51. The Balaban J connectivity index is 1.50. The number of alkyl halides is 3. The zero-order valence-electron chi connectivity index (χ0n) is 16.5. The van der Waals surface area contributed by atoms with Gasteiger partial charge in [0.2, 0.25) is 0 Å². The van der Waals surface area contributed by atoms with Crippen molar-refractivity contribution in [3.05, 3.63) is 59.3 Å². The Morgan fingerprint density at radius 3 is 2.84 bits per heavy atom. The van der Waals surface area contributed by atoms with Crippen LogP contribution in [-0.2, 0) is 6.42 Å². The van der Waals surface area contributed by atoms with Crippen molar-refractivity contribution in [2.75, 3.05) is 5.32 Å². The minimum absolute atomic E-state index is 0.297. The van der Waals surface area contributed by atoms with Gasteiger partial charge in [-0.15, -0.1) is 11.8 Å². The van der Waals surface area contributed by atoms with Crippen molar-refractivity contribution in [2.24, 2.45) is 0 Å². The second-order valence-electron chi connectivity index (χ2n) is 8.23. The number of aromatic nitrogens is 2. The van der Waals surface area contributed by atoms with Crippen LogP contribution in [-0.4, -0.2) is 32.2 Å². The van der Waals surface area contributed by atoms with E-state index in [9.17, 15) is 22.7 Å². The molecule has 0 bridgehead atoms. The molecule has 31 heavy (non-hydrogen) atoms. The molecular formula is C22H19F4N3OS. The summed E-state index contributed by atoms with van der Waals surface area (Å²) in [6, 6.07) is 7.95. The maximum absolute atomic E-state index is 14.2. The lowest BCUT2D eigenvalue weighted by Gasteiger charge is -2.43. The number of thioether (sulfide) groups is 1. The molecule has 4 nitrogen and oxygen atoms in total. The number of nitrogens with zero attached hydrogens (tertiary/aromatic N) is 2. The lowest BCUT2D eigenvalue weighted by Crippen LogP contribution is -2.51. The Morgan fingerprint density at radius 2 is 2.06 bits per heavy atom. The highest BCUT2D eigenvalue weighted by Crippen LogP contribution is 2.53. The molecule has 2 aliphatic rings. The van der Waals surface area contributed by atoms with E-state index >= 15 is 0 Å². The van der Waals surface area contributed by atoms with E-state index in [-0.39, 0.29) is 11.8 Å². The standard InChI is InChI=1S/C22H19F4N3OS/c1-11-27-10-15-16(28-11)6-14(23)7-17(15)29-19-5-13-9-21(30,22(24,25)26)8-12-3-2-4-18(31-19)20(12)13/h2-4,6-7,10,13,19,29-30H,5,8-9H2,1H3. The summed E-state index contributed by atoms with van der Waals surface area (Å²) in [4.78, 5) is 9.35. The topological polar surface area (TPSA) is 58.0 Å². The molecule has 0 amide bonds. The first-order chi connectivity index (χ1) is 14.6. The fourth-order valence-electron chi connectivity index (χ4n) is 4.66. The van der Waals surface area contributed by atoms with Crippen LogP contribution in [0.2, 0.25) is 0 Å². The van der Waals surface area contributed by atoms with Gasteiger partial charge in [-0.2, -0.15) is 13.2 Å². The molecule has 1 aromatic heterocycles. The van der Waals surface area contributed by atoms with E-state index in [1.807, 2.05) is 6.07 Å². The van der Waals surface area contributed by atoms with Crippen LogP contribution < -0.4 is 5.32 Å². The summed E-state index contributed by atoms with van der Waals surface area (Å²) < 4.78 is 55.0. The van der Waals surface area contributed by atoms with Crippen LogP contribution in [0.3, 0.4) is 0 Å². The van der Waals surface area contributed by atoms with Crippen LogP contribution in [0.15, 0.2) is 41.4 Å². The molecule has 0 fully saturated rings. The zero-order chi connectivity index (χ0) is 22.0. The summed E-state index contributed by atoms with van der Waals surface area (Å²) in [6.45, 7) is 1.72. The minimum atomic E-state index is -4.71. The van der Waals surface area contributed by atoms with Gasteiger partial charge in [-0.25, -0.2) is 14.4 Å². The molecule has 3 unspecified atom stereocenters. The third-order valence-corrected chi connectivity index (χ3v) is 7.23. The molecule has 2 aromatic carbocycles. The van der Waals surface area contributed by atoms with Crippen molar-refractivity contribution in [1.29, 1.82) is 0 Å². The number of anilines is 1. The normalized spacial score (nSPS) is 25.4. The third-order valence-electron chi connectivity index (χ3n) is 6.03. The van der Waals surface area contributed by atoms with Gasteiger partial charge in [-0.05, 0) is 48.9 Å². The Labute approximate surface area is 180 Å². The van der Waals surface area contributed by atoms with Crippen LogP contribution in [0, 0.1) is 12.7 Å². The highest BCUT2D eigenvalue weighted by atomic mass is 32.2. The predicted molar refractivity (Wildman–Crippen MR) is 111 cm³/mol. The number of hydrogen-bond acceptors (Lipinski definition) is 5. The molecule has 162 valence electrons. The van der Waals surface area contributed by atoms with E-state index in [1.54, 1.807) is 25.3 Å². The van der Waals surface area contributed by atoms with Crippen molar-refractivity contribution in [3.8, 4) is 0 Å². The number of hydrogen-bond donors (Lipinski definition) is 2. The molecule has 0 radical (unpaired) electrons. The number of aliphatic hydroxyl groups is 1. The molecule has 0 spiro atoms. The van der Waals surface area contributed by atoms with Gasteiger partial charge in [0.15, 0.2) is 5.60 Å². The highest BCUT2D eigenvalue weighted by Gasteiger charge is 2.57. The Morgan fingerprint density at radius 1 is 1.26 bits per heavy atom. The van der Waals surface area contributed by atoms with Crippen molar-refractivity contribution >= 4 is 28.4 Å².